The van der Waals surface area contributed by atoms with Gasteiger partial charge in [-0.1, -0.05) is 130 Å². The quantitative estimate of drug-likeness (QED) is 0.293. The molecular weight excluding hydrogens is 508 g/mol. The number of hydrogen-bond acceptors (Lipinski definition) is 0. The second kappa shape index (κ2) is 8.56. The molecule has 0 aromatic heterocycles. The van der Waals surface area contributed by atoms with E-state index in [1.807, 2.05) is 0 Å². The number of halogens is 2. The SMILES string of the molecule is Brc1ccc(-c2ccc(C3(C4(Br)C=CC(c5ccccc5)=CC4)CCCC3)cc2)cc1. The van der Waals surface area contributed by atoms with Gasteiger partial charge in [-0.05, 0) is 59.2 Å². The van der Waals surface area contributed by atoms with Crippen molar-refractivity contribution in [3.8, 4) is 11.1 Å². The Bertz CT molecular complexity index is 1100. The van der Waals surface area contributed by atoms with Crippen LogP contribution in [-0.4, -0.2) is 4.32 Å². The number of alkyl halides is 1. The molecule has 2 aliphatic carbocycles. The third-order valence-corrected chi connectivity index (χ3v) is 9.00. The fourth-order valence-corrected chi connectivity index (χ4v) is 6.55. The Hall–Kier alpha value is -1.90. The highest BCUT2D eigenvalue weighted by atomic mass is 79.9. The van der Waals surface area contributed by atoms with E-state index in [1.54, 1.807) is 0 Å². The molecule has 31 heavy (non-hydrogen) atoms. The minimum atomic E-state index is -0.0338. The monoisotopic (exact) mass is 532 g/mol. The van der Waals surface area contributed by atoms with Crippen molar-refractivity contribution in [2.24, 2.45) is 0 Å². The van der Waals surface area contributed by atoms with Crippen LogP contribution in [0.3, 0.4) is 0 Å². The topological polar surface area (TPSA) is 0 Å². The van der Waals surface area contributed by atoms with E-state index in [4.69, 9.17) is 0 Å². The van der Waals surface area contributed by atoms with Crippen LogP contribution in [0.25, 0.3) is 16.7 Å². The molecule has 0 aliphatic heterocycles. The molecular formula is C29H26Br2. The van der Waals surface area contributed by atoms with Crippen LogP contribution in [-0.2, 0) is 5.41 Å². The highest BCUT2D eigenvalue weighted by Gasteiger charge is 2.50. The first-order chi connectivity index (χ1) is 15.1. The third kappa shape index (κ3) is 3.90. The number of allylic oxidation sites excluding steroid dienone is 4. The van der Waals surface area contributed by atoms with E-state index in [-0.39, 0.29) is 9.74 Å². The fourth-order valence-electron chi connectivity index (χ4n) is 5.36. The molecule has 0 amide bonds. The molecule has 0 heterocycles. The van der Waals surface area contributed by atoms with Gasteiger partial charge in [-0.25, -0.2) is 0 Å². The fraction of sp³-hybridized carbons (Fsp3) is 0.241. The lowest BCUT2D eigenvalue weighted by atomic mass is 9.66. The highest BCUT2D eigenvalue weighted by molar-refractivity contribution is 9.10. The summed E-state index contributed by atoms with van der Waals surface area (Å²) in [6, 6.07) is 28.6. The van der Waals surface area contributed by atoms with Gasteiger partial charge < -0.3 is 0 Å². The molecule has 1 atom stereocenters. The molecule has 0 radical (unpaired) electrons. The van der Waals surface area contributed by atoms with Crippen molar-refractivity contribution >= 4 is 37.4 Å². The summed E-state index contributed by atoms with van der Waals surface area (Å²) >= 11 is 7.79. The average Bonchev–Trinajstić information content (AvgIpc) is 3.33. The molecule has 0 saturated heterocycles. The van der Waals surface area contributed by atoms with Gasteiger partial charge in [0.25, 0.3) is 0 Å². The Morgan fingerprint density at radius 1 is 0.677 bits per heavy atom. The zero-order chi connectivity index (χ0) is 21.3. The number of hydrogen-bond donors (Lipinski definition) is 0. The summed E-state index contributed by atoms with van der Waals surface area (Å²) in [6.45, 7) is 0. The Labute approximate surface area is 202 Å². The lowest BCUT2D eigenvalue weighted by Gasteiger charge is -2.45. The Balaban J connectivity index is 1.46. The molecule has 0 spiro atoms. The van der Waals surface area contributed by atoms with Crippen molar-refractivity contribution in [3.63, 3.8) is 0 Å². The van der Waals surface area contributed by atoms with Crippen molar-refractivity contribution in [1.82, 2.24) is 0 Å². The van der Waals surface area contributed by atoms with Crippen molar-refractivity contribution in [3.05, 3.63) is 113 Å². The zero-order valence-electron chi connectivity index (χ0n) is 17.5. The predicted octanol–water partition coefficient (Wildman–Crippen LogP) is 9.11. The van der Waals surface area contributed by atoms with E-state index in [0.29, 0.717) is 0 Å². The van der Waals surface area contributed by atoms with E-state index < -0.39 is 0 Å². The van der Waals surface area contributed by atoms with E-state index in [0.717, 1.165) is 10.9 Å². The standard InChI is InChI=1S/C29H26Br2/c30-27-14-10-24(11-15-27)23-8-12-26(13-9-23)28(18-4-5-19-28)29(31)20-16-25(17-21-29)22-6-2-1-3-7-22/h1-3,6-17,20H,4-5,18-19,21H2. The summed E-state index contributed by atoms with van der Waals surface area (Å²) in [4.78, 5) is 0. The lowest BCUT2D eigenvalue weighted by Crippen LogP contribution is -2.44. The second-order valence-corrected chi connectivity index (χ2v) is 11.1. The van der Waals surface area contributed by atoms with Gasteiger partial charge in [-0.3, -0.25) is 0 Å². The molecule has 0 nitrogen and oxygen atoms in total. The predicted molar refractivity (Wildman–Crippen MR) is 140 cm³/mol. The lowest BCUT2D eigenvalue weighted by molar-refractivity contribution is 0.365. The third-order valence-electron chi connectivity index (χ3n) is 7.12. The second-order valence-electron chi connectivity index (χ2n) is 8.80. The van der Waals surface area contributed by atoms with Crippen molar-refractivity contribution in [2.75, 3.05) is 0 Å². The minimum absolute atomic E-state index is 0.0338. The minimum Gasteiger partial charge on any atom is -0.0795 e. The van der Waals surface area contributed by atoms with Gasteiger partial charge in [0.1, 0.15) is 0 Å². The van der Waals surface area contributed by atoms with E-state index in [2.05, 4.69) is 129 Å². The first-order valence-electron chi connectivity index (χ1n) is 11.1. The highest BCUT2D eigenvalue weighted by Crippen LogP contribution is 2.56. The molecule has 3 aromatic carbocycles. The number of benzene rings is 3. The van der Waals surface area contributed by atoms with Crippen LogP contribution in [0, 0.1) is 0 Å². The van der Waals surface area contributed by atoms with E-state index in [9.17, 15) is 0 Å². The number of rotatable bonds is 4. The summed E-state index contributed by atoms with van der Waals surface area (Å²) in [7, 11) is 0. The summed E-state index contributed by atoms with van der Waals surface area (Å²) in [5.74, 6) is 0. The van der Waals surface area contributed by atoms with Crippen LogP contribution in [0.4, 0.5) is 0 Å². The van der Waals surface area contributed by atoms with Gasteiger partial charge in [0, 0.05) is 9.89 Å². The van der Waals surface area contributed by atoms with Gasteiger partial charge in [-0.2, -0.15) is 0 Å². The van der Waals surface area contributed by atoms with Gasteiger partial charge in [-0.15, -0.1) is 0 Å². The average molecular weight is 534 g/mol. The largest absolute Gasteiger partial charge is 0.0795 e. The maximum atomic E-state index is 4.25. The normalized spacial score (nSPS) is 22.3. The van der Waals surface area contributed by atoms with Gasteiger partial charge in [0.15, 0.2) is 0 Å². The first kappa shape index (κ1) is 21.0. The van der Waals surface area contributed by atoms with Crippen LogP contribution >= 0.6 is 31.9 Å². The van der Waals surface area contributed by atoms with Crippen molar-refractivity contribution in [1.29, 1.82) is 0 Å². The summed E-state index contributed by atoms with van der Waals surface area (Å²) in [5.41, 5.74) is 6.77. The smallest absolute Gasteiger partial charge is 0.0571 e. The molecule has 5 rings (SSSR count). The molecule has 156 valence electrons. The summed E-state index contributed by atoms with van der Waals surface area (Å²) in [6.07, 6.45) is 13.2. The molecule has 2 heteroatoms. The van der Waals surface area contributed by atoms with Gasteiger partial charge in [0.05, 0.1) is 4.32 Å². The van der Waals surface area contributed by atoms with Crippen LogP contribution in [0.2, 0.25) is 0 Å². The van der Waals surface area contributed by atoms with Crippen LogP contribution < -0.4 is 0 Å². The van der Waals surface area contributed by atoms with Crippen LogP contribution in [0.1, 0.15) is 43.2 Å². The van der Waals surface area contributed by atoms with Crippen LogP contribution in [0.15, 0.2) is 102 Å². The van der Waals surface area contributed by atoms with Crippen molar-refractivity contribution < 1.29 is 0 Å². The molecule has 0 N–H and O–H groups in total. The molecule has 0 bridgehead atoms. The molecule has 1 unspecified atom stereocenters. The zero-order valence-corrected chi connectivity index (χ0v) is 20.7. The Kier molecular flexibility index (Phi) is 5.79. The molecule has 2 aliphatic rings. The van der Waals surface area contributed by atoms with Crippen LogP contribution in [0.5, 0.6) is 0 Å². The van der Waals surface area contributed by atoms with Crippen molar-refractivity contribution in [2.45, 2.75) is 41.8 Å². The van der Waals surface area contributed by atoms with E-state index in [1.165, 1.54) is 53.5 Å². The first-order valence-corrected chi connectivity index (χ1v) is 12.7. The molecule has 1 saturated carbocycles. The molecule has 3 aromatic rings. The van der Waals surface area contributed by atoms with Gasteiger partial charge >= 0.3 is 0 Å². The summed E-state index contributed by atoms with van der Waals surface area (Å²) in [5, 5.41) is 0. The maximum Gasteiger partial charge on any atom is 0.0571 e. The van der Waals surface area contributed by atoms with E-state index >= 15 is 0 Å². The summed E-state index contributed by atoms with van der Waals surface area (Å²) < 4.78 is 1.08. The Morgan fingerprint density at radius 2 is 1.29 bits per heavy atom. The van der Waals surface area contributed by atoms with Gasteiger partial charge in [0.2, 0.25) is 0 Å². The molecule has 1 fully saturated rings. The Morgan fingerprint density at radius 3 is 1.87 bits per heavy atom. The maximum absolute atomic E-state index is 4.25.